The number of carbonyl (C=O) groups is 4. The Labute approximate surface area is 346 Å². The smallest absolute Gasteiger partial charge is 0.407 e. The van der Waals surface area contributed by atoms with Gasteiger partial charge in [-0.15, -0.1) is 0 Å². The molecule has 0 saturated heterocycles. The van der Waals surface area contributed by atoms with Gasteiger partial charge in [0.25, 0.3) is 0 Å². The average Bonchev–Trinajstić information content (AvgIpc) is 3.90. The number of ether oxygens (including phenoxy) is 3. The quantitative estimate of drug-likeness (QED) is 0.0820. The maximum absolute atomic E-state index is 13.6. The van der Waals surface area contributed by atoms with Gasteiger partial charge in [-0.05, 0) is 90.6 Å². The van der Waals surface area contributed by atoms with Crippen LogP contribution in [0.2, 0.25) is 0 Å². The van der Waals surface area contributed by atoms with Gasteiger partial charge >= 0.3 is 12.2 Å². The third-order valence-electron chi connectivity index (χ3n) is 11.4. The van der Waals surface area contributed by atoms with Crippen LogP contribution in [0.4, 0.5) is 9.59 Å². The van der Waals surface area contributed by atoms with Crippen LogP contribution in [0.5, 0.6) is 5.75 Å². The number of H-pyrrole nitrogens is 2. The summed E-state index contributed by atoms with van der Waals surface area (Å²) in [5.41, 5.74) is 8.55. The summed E-state index contributed by atoms with van der Waals surface area (Å²) >= 11 is 0. The number of carbonyl (C=O) groups excluding carboxylic acids is 4. The maximum Gasteiger partial charge on any atom is 0.407 e. The van der Waals surface area contributed by atoms with E-state index in [9.17, 15) is 19.2 Å². The summed E-state index contributed by atoms with van der Waals surface area (Å²) in [4.78, 5) is 70.4. The predicted octanol–water partition coefficient (Wildman–Crippen LogP) is 6.41. The number of methoxy groups -OCH3 is 2. The molecule has 3 heterocycles. The Hall–Kier alpha value is -5.70. The third-order valence-corrected chi connectivity index (χ3v) is 11.4. The molecule has 2 aromatic carbocycles. The molecule has 15 nitrogen and oxygen atoms in total. The molecular formula is C44H58N8O7. The second-order valence-electron chi connectivity index (χ2n) is 16.2. The molecule has 4 aromatic rings. The minimum Gasteiger partial charge on any atom is -0.488 e. The molecule has 0 saturated carbocycles. The average molecular weight is 811 g/mol. The molecule has 6 rings (SSSR count). The second-order valence-corrected chi connectivity index (χ2v) is 16.2. The monoisotopic (exact) mass is 810 g/mol. The minimum atomic E-state index is -1.12. The van der Waals surface area contributed by atoms with E-state index in [1.54, 1.807) is 4.90 Å². The number of alkyl carbamates (subject to hydrolysis) is 2. The standard InChI is InChI=1S/C44H58N8O7/c1-9-13-51(24-44(25-53,27(5)6)50-43(56)58-8)21-36-45-20-34(47-36)31-16-29-12-11-28-15-30(17-32-23-59-35(18-31)39(29)38(28)32)33-19-46-37(48-33)22-52(14-10-2)41(54)40(26(3)4)49-42(55)57-7/h15-20,25-27,40H,9-14,21-24H2,1-8H3,(H,45,47)(H,46,48)(H,49,55)(H,50,56)/t40-,44+/m0/s1. The Balaban J connectivity index is 1.20. The van der Waals surface area contributed by atoms with Crippen molar-refractivity contribution in [3.05, 3.63) is 65.0 Å². The van der Waals surface area contributed by atoms with Crippen LogP contribution in [-0.4, -0.2) is 99.6 Å². The molecule has 15 heteroatoms. The normalized spacial score (nSPS) is 14.3. The van der Waals surface area contributed by atoms with Crippen molar-refractivity contribution < 1.29 is 33.4 Å². The number of rotatable bonds is 18. The number of amides is 3. The summed E-state index contributed by atoms with van der Waals surface area (Å²) in [6.07, 6.45) is 6.50. The maximum atomic E-state index is 13.6. The molecule has 0 radical (unpaired) electrons. The van der Waals surface area contributed by atoms with Crippen molar-refractivity contribution in [2.45, 2.75) is 98.5 Å². The van der Waals surface area contributed by atoms with E-state index in [-0.39, 0.29) is 24.3 Å². The van der Waals surface area contributed by atoms with Gasteiger partial charge in [0.2, 0.25) is 5.91 Å². The SMILES string of the molecule is CCCN(Cc1ncc(-c2cc3c4c(c2)OCc2cc(-c5cnc(CN(CCC)C(=O)[C@@H](NC(=O)OC)C(C)C)[nH]5)cc(c2-4)CC3)[nH]1)C[C@](C=O)(NC(=O)OC)C(C)C. The minimum absolute atomic E-state index is 0.127. The molecule has 0 spiro atoms. The van der Waals surface area contributed by atoms with E-state index in [0.29, 0.717) is 38.6 Å². The zero-order chi connectivity index (χ0) is 42.4. The number of hydrogen-bond donors (Lipinski definition) is 4. The van der Waals surface area contributed by atoms with E-state index in [0.717, 1.165) is 77.2 Å². The lowest BCUT2D eigenvalue weighted by Crippen LogP contribution is -2.60. The molecule has 2 aliphatic rings. The lowest BCUT2D eigenvalue weighted by molar-refractivity contribution is -0.135. The summed E-state index contributed by atoms with van der Waals surface area (Å²) in [7, 11) is 2.58. The van der Waals surface area contributed by atoms with Gasteiger partial charge in [-0.2, -0.15) is 0 Å². The van der Waals surface area contributed by atoms with Crippen molar-refractivity contribution in [1.82, 2.24) is 40.4 Å². The van der Waals surface area contributed by atoms with Crippen molar-refractivity contribution in [2.24, 2.45) is 11.8 Å². The van der Waals surface area contributed by atoms with Crippen LogP contribution in [0.15, 0.2) is 36.7 Å². The van der Waals surface area contributed by atoms with Gasteiger partial charge in [-0.1, -0.05) is 41.5 Å². The highest BCUT2D eigenvalue weighted by Crippen LogP contribution is 2.48. The van der Waals surface area contributed by atoms with Crippen LogP contribution < -0.4 is 15.4 Å². The van der Waals surface area contributed by atoms with Gasteiger partial charge in [0.15, 0.2) is 0 Å². The van der Waals surface area contributed by atoms with Crippen molar-refractivity contribution in [3.8, 4) is 39.4 Å². The molecule has 0 bridgehead atoms. The van der Waals surface area contributed by atoms with E-state index >= 15 is 0 Å². The summed E-state index contributed by atoms with van der Waals surface area (Å²) < 4.78 is 16.1. The van der Waals surface area contributed by atoms with Crippen molar-refractivity contribution in [2.75, 3.05) is 33.9 Å². The summed E-state index contributed by atoms with van der Waals surface area (Å²) in [5, 5.41) is 5.47. The number of hydrogen-bond acceptors (Lipinski definition) is 10. The molecule has 1 aliphatic heterocycles. The Bertz CT molecular complexity index is 2110. The number of aromatic nitrogens is 4. The Kier molecular flexibility index (Phi) is 13.4. The first-order chi connectivity index (χ1) is 28.3. The van der Waals surface area contributed by atoms with Gasteiger partial charge in [0.1, 0.15) is 41.9 Å². The molecule has 316 valence electrons. The molecule has 2 aromatic heterocycles. The van der Waals surface area contributed by atoms with Gasteiger partial charge in [0.05, 0.1) is 51.1 Å². The predicted molar refractivity (Wildman–Crippen MR) is 223 cm³/mol. The zero-order valence-electron chi connectivity index (χ0n) is 35.5. The first-order valence-corrected chi connectivity index (χ1v) is 20.6. The first-order valence-electron chi connectivity index (χ1n) is 20.6. The lowest BCUT2D eigenvalue weighted by Gasteiger charge is -2.37. The number of benzene rings is 2. The van der Waals surface area contributed by atoms with Crippen LogP contribution in [0.25, 0.3) is 33.6 Å². The Morgan fingerprint density at radius 3 is 2.02 bits per heavy atom. The number of aryl methyl sites for hydroxylation is 2. The molecule has 3 amide bonds. The first kappa shape index (κ1) is 42.9. The number of aromatic amines is 2. The molecule has 0 fully saturated rings. The summed E-state index contributed by atoms with van der Waals surface area (Å²) in [6, 6.07) is 7.98. The molecule has 59 heavy (non-hydrogen) atoms. The van der Waals surface area contributed by atoms with E-state index in [1.165, 1.54) is 30.9 Å². The van der Waals surface area contributed by atoms with Crippen LogP contribution in [0.3, 0.4) is 0 Å². The fourth-order valence-electron chi connectivity index (χ4n) is 8.12. The largest absolute Gasteiger partial charge is 0.488 e. The van der Waals surface area contributed by atoms with Crippen molar-refractivity contribution in [3.63, 3.8) is 0 Å². The number of nitrogens with one attached hydrogen (secondary N) is 4. The zero-order valence-corrected chi connectivity index (χ0v) is 35.5. The highest BCUT2D eigenvalue weighted by molar-refractivity contribution is 5.88. The van der Waals surface area contributed by atoms with Gasteiger partial charge < -0.3 is 44.5 Å². The van der Waals surface area contributed by atoms with Gasteiger partial charge in [0, 0.05) is 29.8 Å². The van der Waals surface area contributed by atoms with Gasteiger partial charge in [-0.25, -0.2) is 19.6 Å². The van der Waals surface area contributed by atoms with Crippen LogP contribution in [0, 0.1) is 11.8 Å². The van der Waals surface area contributed by atoms with Crippen LogP contribution >= 0.6 is 0 Å². The van der Waals surface area contributed by atoms with Crippen LogP contribution in [0.1, 0.15) is 82.7 Å². The summed E-state index contributed by atoms with van der Waals surface area (Å²) in [5.74, 6) is 1.78. The van der Waals surface area contributed by atoms with Gasteiger partial charge in [-0.3, -0.25) is 9.69 Å². The van der Waals surface area contributed by atoms with Crippen LogP contribution in [-0.2, 0) is 51.6 Å². The Morgan fingerprint density at radius 2 is 1.44 bits per heavy atom. The second kappa shape index (κ2) is 18.5. The summed E-state index contributed by atoms with van der Waals surface area (Å²) in [6.45, 7) is 14.4. The third kappa shape index (κ3) is 9.30. The number of nitrogens with zero attached hydrogens (tertiary/aromatic N) is 4. The van der Waals surface area contributed by atoms with E-state index in [4.69, 9.17) is 19.2 Å². The molecule has 1 aliphatic carbocycles. The molecule has 4 N–H and O–H groups in total. The lowest BCUT2D eigenvalue weighted by atomic mass is 9.79. The highest BCUT2D eigenvalue weighted by Gasteiger charge is 2.38. The fourth-order valence-corrected chi connectivity index (χ4v) is 8.12. The molecule has 2 atom stereocenters. The number of aldehydes is 1. The van der Waals surface area contributed by atoms with E-state index in [2.05, 4.69) is 61.7 Å². The molecule has 0 unspecified atom stereocenters. The van der Waals surface area contributed by atoms with Crippen molar-refractivity contribution >= 4 is 24.4 Å². The molecular weight excluding hydrogens is 753 g/mol. The Morgan fingerprint density at radius 1 is 0.847 bits per heavy atom. The fraction of sp³-hybridized carbons (Fsp3) is 0.500. The topological polar surface area (TPSA) is 184 Å². The highest BCUT2D eigenvalue weighted by atomic mass is 16.5. The van der Waals surface area contributed by atoms with Crippen molar-refractivity contribution in [1.29, 1.82) is 0 Å². The number of imidazole rings is 2. The van der Waals surface area contributed by atoms with E-state index < -0.39 is 23.8 Å². The van der Waals surface area contributed by atoms with E-state index in [1.807, 2.05) is 47.0 Å².